The maximum atomic E-state index is 12.0. The summed E-state index contributed by atoms with van der Waals surface area (Å²) < 4.78 is 9.77. The van der Waals surface area contributed by atoms with E-state index >= 15 is 0 Å². The lowest BCUT2D eigenvalue weighted by Gasteiger charge is -2.11. The monoisotopic (exact) mass is 288 g/mol. The molecule has 0 bridgehead atoms. The molecule has 1 aromatic carbocycles. The van der Waals surface area contributed by atoms with Crippen LogP contribution in [-0.4, -0.2) is 29.2 Å². The average molecular weight is 288 g/mol. The fourth-order valence-corrected chi connectivity index (χ4v) is 2.29. The van der Waals surface area contributed by atoms with Gasteiger partial charge in [0, 0.05) is 10.8 Å². The van der Waals surface area contributed by atoms with Crippen molar-refractivity contribution in [2.45, 2.75) is 27.4 Å². The number of aryl methyl sites for hydroxylation is 2. The number of rotatable bonds is 5. The van der Waals surface area contributed by atoms with Crippen molar-refractivity contribution in [1.29, 1.82) is 0 Å². The van der Waals surface area contributed by atoms with Gasteiger partial charge in [0.15, 0.2) is 5.69 Å². The second kappa shape index (κ2) is 6.30. The molecular formula is C15H16N2O4. The number of hydrogen-bond acceptors (Lipinski definition) is 6. The van der Waals surface area contributed by atoms with Crippen molar-refractivity contribution in [3.63, 3.8) is 0 Å². The second-order valence-electron chi connectivity index (χ2n) is 4.63. The van der Waals surface area contributed by atoms with E-state index in [4.69, 9.17) is 9.47 Å². The first-order valence-electron chi connectivity index (χ1n) is 6.57. The molecular weight excluding hydrogens is 272 g/mol. The molecule has 0 N–H and O–H groups in total. The number of esters is 1. The first-order valence-corrected chi connectivity index (χ1v) is 6.57. The van der Waals surface area contributed by atoms with Gasteiger partial charge in [0.2, 0.25) is 0 Å². The van der Waals surface area contributed by atoms with Gasteiger partial charge < -0.3 is 9.47 Å². The fourth-order valence-electron chi connectivity index (χ4n) is 2.29. The Balaban J connectivity index is 2.68. The molecule has 0 atom stereocenters. The molecule has 2 aromatic rings. The van der Waals surface area contributed by atoms with Crippen LogP contribution in [0.5, 0.6) is 0 Å². The van der Waals surface area contributed by atoms with Gasteiger partial charge in [-0.15, -0.1) is 5.10 Å². The summed E-state index contributed by atoms with van der Waals surface area (Å²) in [4.78, 5) is 22.4. The summed E-state index contributed by atoms with van der Waals surface area (Å²) in [5, 5.41) is 9.37. The Bertz CT molecular complexity index is 698. The van der Waals surface area contributed by atoms with Crippen LogP contribution in [-0.2, 0) is 20.9 Å². The molecule has 0 radical (unpaired) electrons. The van der Waals surface area contributed by atoms with E-state index in [1.165, 1.54) is 0 Å². The lowest BCUT2D eigenvalue weighted by molar-refractivity contribution is -0.129. The molecule has 0 aliphatic carbocycles. The molecule has 6 heteroatoms. The van der Waals surface area contributed by atoms with Crippen LogP contribution in [0.4, 0.5) is 0 Å². The Labute approximate surface area is 122 Å². The Morgan fingerprint density at radius 2 is 2.05 bits per heavy atom. The van der Waals surface area contributed by atoms with Crippen LogP contribution in [0.2, 0.25) is 0 Å². The summed E-state index contributed by atoms with van der Waals surface area (Å²) in [5.74, 6) is -0.509. The number of benzene rings is 1. The van der Waals surface area contributed by atoms with E-state index in [2.05, 4.69) is 10.2 Å². The van der Waals surface area contributed by atoms with E-state index in [-0.39, 0.29) is 18.9 Å². The molecule has 1 aromatic heterocycles. The molecule has 2 rings (SSSR count). The molecule has 0 aliphatic rings. The van der Waals surface area contributed by atoms with Gasteiger partial charge in [0.1, 0.15) is 12.3 Å². The molecule has 0 amide bonds. The molecule has 0 unspecified atom stereocenters. The molecule has 1 heterocycles. The molecule has 0 saturated heterocycles. The SMILES string of the molecule is CCOC(=O)c1nnc(COC=O)c2cc(C)cc(C)c12. The Morgan fingerprint density at radius 3 is 2.71 bits per heavy atom. The summed E-state index contributed by atoms with van der Waals surface area (Å²) in [7, 11) is 0. The van der Waals surface area contributed by atoms with Gasteiger partial charge in [-0.1, -0.05) is 11.6 Å². The van der Waals surface area contributed by atoms with E-state index in [9.17, 15) is 9.59 Å². The highest BCUT2D eigenvalue weighted by Crippen LogP contribution is 2.26. The predicted octanol–water partition coefficient (Wildman–Crippen LogP) is 2.10. The predicted molar refractivity (Wildman–Crippen MR) is 75.8 cm³/mol. The molecule has 0 aliphatic heterocycles. The minimum Gasteiger partial charge on any atom is -0.461 e. The number of nitrogens with zero attached hydrogens (tertiary/aromatic N) is 2. The maximum absolute atomic E-state index is 12.0. The lowest BCUT2D eigenvalue weighted by Crippen LogP contribution is -2.12. The van der Waals surface area contributed by atoms with E-state index in [0.717, 1.165) is 16.5 Å². The summed E-state index contributed by atoms with van der Waals surface area (Å²) in [5.41, 5.74) is 2.61. The van der Waals surface area contributed by atoms with Crippen LogP contribution in [0.1, 0.15) is 34.2 Å². The van der Waals surface area contributed by atoms with Gasteiger partial charge in [-0.05, 0) is 32.4 Å². The summed E-state index contributed by atoms with van der Waals surface area (Å²) in [6, 6.07) is 3.85. The number of fused-ring (bicyclic) bond motifs is 1. The standard InChI is InChI=1S/C15H16N2O4/c1-4-21-15(19)14-13-10(3)5-9(2)6-11(13)12(16-17-14)7-20-8-18/h5-6,8H,4,7H2,1-3H3. The van der Waals surface area contributed by atoms with Crippen molar-refractivity contribution < 1.29 is 19.1 Å². The summed E-state index contributed by atoms with van der Waals surface area (Å²) >= 11 is 0. The molecule has 6 nitrogen and oxygen atoms in total. The van der Waals surface area contributed by atoms with Crippen molar-refractivity contribution in [1.82, 2.24) is 10.2 Å². The van der Waals surface area contributed by atoms with Crippen molar-refractivity contribution in [2.24, 2.45) is 0 Å². The molecule has 110 valence electrons. The zero-order valence-corrected chi connectivity index (χ0v) is 12.2. The Hall–Kier alpha value is -2.50. The van der Waals surface area contributed by atoms with Gasteiger partial charge in [-0.3, -0.25) is 4.79 Å². The van der Waals surface area contributed by atoms with Gasteiger partial charge >= 0.3 is 5.97 Å². The van der Waals surface area contributed by atoms with Crippen molar-refractivity contribution >= 4 is 23.2 Å². The third-order valence-electron chi connectivity index (χ3n) is 3.06. The fraction of sp³-hybridized carbons (Fsp3) is 0.333. The zero-order valence-electron chi connectivity index (χ0n) is 12.2. The van der Waals surface area contributed by atoms with E-state index < -0.39 is 5.97 Å². The average Bonchev–Trinajstić information content (AvgIpc) is 2.44. The van der Waals surface area contributed by atoms with Crippen LogP contribution < -0.4 is 0 Å². The van der Waals surface area contributed by atoms with E-state index in [1.54, 1.807) is 6.92 Å². The number of aromatic nitrogens is 2. The van der Waals surface area contributed by atoms with Crippen LogP contribution in [0.25, 0.3) is 10.8 Å². The van der Waals surface area contributed by atoms with Gasteiger partial charge in [-0.25, -0.2) is 4.79 Å². The number of carbonyl (C=O) groups is 2. The number of carbonyl (C=O) groups excluding carboxylic acids is 2. The molecule has 0 saturated carbocycles. The van der Waals surface area contributed by atoms with Gasteiger partial charge in [0.25, 0.3) is 6.47 Å². The van der Waals surface area contributed by atoms with Crippen molar-refractivity contribution in [3.8, 4) is 0 Å². The normalized spacial score (nSPS) is 10.4. The highest BCUT2D eigenvalue weighted by molar-refractivity contribution is 6.04. The van der Waals surface area contributed by atoms with Gasteiger partial charge in [-0.2, -0.15) is 5.10 Å². The largest absolute Gasteiger partial charge is 0.461 e. The van der Waals surface area contributed by atoms with Crippen LogP contribution in [0, 0.1) is 13.8 Å². The van der Waals surface area contributed by atoms with Crippen molar-refractivity contribution in [2.75, 3.05) is 6.61 Å². The molecule has 0 fully saturated rings. The topological polar surface area (TPSA) is 78.4 Å². The smallest absolute Gasteiger partial charge is 0.359 e. The third kappa shape index (κ3) is 2.99. The lowest BCUT2D eigenvalue weighted by atomic mass is 10.0. The van der Waals surface area contributed by atoms with Crippen LogP contribution in [0.3, 0.4) is 0 Å². The number of hydrogen-bond donors (Lipinski definition) is 0. The minimum absolute atomic E-state index is 0.0129. The van der Waals surface area contributed by atoms with Crippen LogP contribution in [0.15, 0.2) is 12.1 Å². The third-order valence-corrected chi connectivity index (χ3v) is 3.06. The Morgan fingerprint density at radius 1 is 1.29 bits per heavy atom. The van der Waals surface area contributed by atoms with E-state index in [0.29, 0.717) is 17.6 Å². The van der Waals surface area contributed by atoms with Gasteiger partial charge in [0.05, 0.1) is 6.61 Å². The van der Waals surface area contributed by atoms with Crippen molar-refractivity contribution in [3.05, 3.63) is 34.6 Å². The second-order valence-corrected chi connectivity index (χ2v) is 4.63. The highest BCUT2D eigenvalue weighted by Gasteiger charge is 2.18. The quantitative estimate of drug-likeness (QED) is 0.619. The minimum atomic E-state index is -0.509. The Kier molecular flexibility index (Phi) is 4.47. The summed E-state index contributed by atoms with van der Waals surface area (Å²) in [6.07, 6.45) is 0. The maximum Gasteiger partial charge on any atom is 0.359 e. The first kappa shape index (κ1) is 14.9. The summed E-state index contributed by atoms with van der Waals surface area (Å²) in [6.45, 7) is 6.21. The van der Waals surface area contributed by atoms with Crippen LogP contribution >= 0.6 is 0 Å². The first-order chi connectivity index (χ1) is 10.1. The number of ether oxygens (including phenoxy) is 2. The zero-order chi connectivity index (χ0) is 15.4. The molecule has 21 heavy (non-hydrogen) atoms. The van der Waals surface area contributed by atoms with E-state index in [1.807, 2.05) is 26.0 Å². The molecule has 0 spiro atoms. The highest BCUT2D eigenvalue weighted by atomic mass is 16.5.